The summed E-state index contributed by atoms with van der Waals surface area (Å²) in [5, 5.41) is 0.957. The first kappa shape index (κ1) is 18.6. The van der Waals surface area contributed by atoms with Crippen molar-refractivity contribution in [2.45, 2.75) is 12.6 Å². The van der Waals surface area contributed by atoms with Crippen LogP contribution in [-0.4, -0.2) is 10.8 Å². The van der Waals surface area contributed by atoms with Crippen molar-refractivity contribution in [3.05, 3.63) is 88.6 Å². The van der Waals surface area contributed by atoms with Crippen LogP contribution in [0.2, 0.25) is 10.0 Å². The van der Waals surface area contributed by atoms with E-state index in [1.54, 1.807) is 47.5 Å². The van der Waals surface area contributed by atoms with Gasteiger partial charge in [-0.3, -0.25) is 4.79 Å². The van der Waals surface area contributed by atoms with E-state index >= 15 is 0 Å². The molecule has 0 spiro atoms. The van der Waals surface area contributed by atoms with Crippen molar-refractivity contribution >= 4 is 46.7 Å². The van der Waals surface area contributed by atoms with Gasteiger partial charge in [0.05, 0.1) is 22.9 Å². The van der Waals surface area contributed by atoms with Crippen molar-refractivity contribution in [2.24, 2.45) is 4.99 Å². The van der Waals surface area contributed by atoms with E-state index in [1.165, 1.54) is 6.07 Å². The lowest BCUT2D eigenvalue weighted by Crippen LogP contribution is -2.47. The Morgan fingerprint density at radius 2 is 1.88 bits per heavy atom. The molecular weight excluding hydrogens is 391 g/mol. The molecule has 3 rings (SSSR count). The van der Waals surface area contributed by atoms with E-state index in [9.17, 15) is 4.79 Å². The van der Waals surface area contributed by atoms with Crippen LogP contribution in [-0.2, 0) is 19.2 Å². The highest BCUT2D eigenvalue weighted by molar-refractivity contribution is 7.77. The zero-order chi connectivity index (χ0) is 18.5. The molecule has 0 saturated heterocycles. The average Bonchev–Trinajstić information content (AvgIpc) is 3.17. The van der Waals surface area contributed by atoms with E-state index in [1.807, 2.05) is 18.2 Å². The van der Waals surface area contributed by atoms with Gasteiger partial charge < -0.3 is 22.0 Å². The van der Waals surface area contributed by atoms with Gasteiger partial charge in [0.2, 0.25) is 11.8 Å². The first-order chi connectivity index (χ1) is 12.6. The number of ketones is 1. The van der Waals surface area contributed by atoms with Gasteiger partial charge in [0.15, 0.2) is 12.4 Å². The number of nitrogens with zero attached hydrogens (tertiary/aromatic N) is 2. The van der Waals surface area contributed by atoms with E-state index in [0.717, 1.165) is 0 Å². The standard InChI is InChI=1S/C19H14Cl2N2O2S/c20-15-7-6-13(11-16(15)21)18(24)17(23-8-2-1-3-9-23)19(26)22-12-14-5-4-10-25-14/h1-11,17H,12H2/t17-/m1/s1. The van der Waals surface area contributed by atoms with Crippen molar-refractivity contribution in [1.29, 1.82) is 0 Å². The third-order valence-corrected chi connectivity index (χ3v) is 4.79. The number of hydrogen-bond acceptors (Lipinski definition) is 4. The number of hydrogen-bond donors (Lipinski definition) is 0. The van der Waals surface area contributed by atoms with Crippen LogP contribution in [0.25, 0.3) is 0 Å². The molecule has 1 aromatic carbocycles. The van der Waals surface area contributed by atoms with Crippen molar-refractivity contribution in [2.75, 3.05) is 0 Å². The van der Waals surface area contributed by atoms with Gasteiger partial charge in [0, 0.05) is 17.7 Å². The minimum Gasteiger partial charge on any atom is -0.758 e. The topological polar surface area (TPSA) is 46.5 Å². The number of carbonyl (C=O) groups excluding carboxylic acids is 1. The summed E-state index contributed by atoms with van der Waals surface area (Å²) in [4.78, 5) is 17.5. The maximum absolute atomic E-state index is 13.1. The molecular formula is C19H14Cl2N2O2S. The molecule has 0 fully saturated rings. The third kappa shape index (κ3) is 4.30. The molecule has 132 valence electrons. The molecule has 0 aliphatic heterocycles. The fourth-order valence-corrected chi connectivity index (χ4v) is 3.00. The smallest absolute Gasteiger partial charge is 0.237 e. The molecule has 3 aromatic rings. The van der Waals surface area contributed by atoms with Crippen LogP contribution in [0.4, 0.5) is 0 Å². The Labute approximate surface area is 166 Å². The predicted molar refractivity (Wildman–Crippen MR) is 104 cm³/mol. The van der Waals surface area contributed by atoms with E-state index in [4.69, 9.17) is 40.2 Å². The molecule has 2 aromatic heterocycles. The predicted octanol–water partition coefficient (Wildman–Crippen LogP) is 4.44. The summed E-state index contributed by atoms with van der Waals surface area (Å²) in [5.74, 6) is 0.458. The van der Waals surface area contributed by atoms with Gasteiger partial charge >= 0.3 is 0 Å². The lowest BCUT2D eigenvalue weighted by Gasteiger charge is -2.18. The summed E-state index contributed by atoms with van der Waals surface area (Å²) in [5.41, 5.74) is 0.413. The van der Waals surface area contributed by atoms with Crippen LogP contribution >= 0.6 is 23.2 Å². The Hall–Kier alpha value is -2.21. The summed E-state index contributed by atoms with van der Waals surface area (Å²) in [7, 11) is 0. The van der Waals surface area contributed by atoms with Crippen molar-refractivity contribution < 1.29 is 13.8 Å². The molecule has 0 N–H and O–H groups in total. The quantitative estimate of drug-likeness (QED) is 0.200. The molecule has 7 heteroatoms. The molecule has 1 atom stereocenters. The number of pyridine rings is 1. The number of aromatic nitrogens is 1. The monoisotopic (exact) mass is 404 g/mol. The van der Waals surface area contributed by atoms with Crippen LogP contribution < -0.4 is 4.57 Å². The average molecular weight is 405 g/mol. The molecule has 0 aliphatic carbocycles. The maximum atomic E-state index is 13.1. The number of aliphatic imine (C=N–C) groups is 1. The lowest BCUT2D eigenvalue weighted by molar-refractivity contribution is -0.691. The number of halogens is 2. The second kappa shape index (κ2) is 8.45. The van der Waals surface area contributed by atoms with Crippen molar-refractivity contribution in [3.8, 4) is 0 Å². The van der Waals surface area contributed by atoms with Gasteiger partial charge in [0.1, 0.15) is 5.76 Å². The van der Waals surface area contributed by atoms with Gasteiger partial charge in [-0.05, 0) is 35.4 Å². The Morgan fingerprint density at radius 3 is 2.54 bits per heavy atom. The largest absolute Gasteiger partial charge is 0.758 e. The first-order valence-corrected chi connectivity index (χ1v) is 8.91. The Kier molecular flexibility index (Phi) is 6.04. The van der Waals surface area contributed by atoms with Gasteiger partial charge in [-0.15, -0.1) is 0 Å². The molecule has 0 saturated carbocycles. The second-order valence-electron chi connectivity index (χ2n) is 5.45. The SMILES string of the molecule is O=C(c1ccc(Cl)c(Cl)c1)[C@H](C([S-])=NCc1ccco1)[n+]1ccccc1. The number of Topliss-reactive ketones (excluding diaryl/α,β-unsaturated/α-hetero) is 1. The van der Waals surface area contributed by atoms with Crippen molar-refractivity contribution in [3.63, 3.8) is 0 Å². The number of carbonyl (C=O) groups is 1. The molecule has 2 heterocycles. The highest BCUT2D eigenvalue weighted by Gasteiger charge is 2.28. The first-order valence-electron chi connectivity index (χ1n) is 7.75. The van der Waals surface area contributed by atoms with E-state index in [2.05, 4.69) is 4.99 Å². The maximum Gasteiger partial charge on any atom is 0.237 e. The molecule has 26 heavy (non-hydrogen) atoms. The summed E-state index contributed by atoms with van der Waals surface area (Å²) in [6.07, 6.45) is 5.11. The lowest BCUT2D eigenvalue weighted by atomic mass is 10.0. The molecule has 0 bridgehead atoms. The van der Waals surface area contributed by atoms with Crippen LogP contribution in [0.15, 0.2) is 76.6 Å². The van der Waals surface area contributed by atoms with Crippen LogP contribution in [0, 0.1) is 0 Å². The summed E-state index contributed by atoms with van der Waals surface area (Å²) in [6.45, 7) is 0.268. The molecule has 4 nitrogen and oxygen atoms in total. The van der Waals surface area contributed by atoms with E-state index < -0.39 is 6.04 Å². The molecule has 0 unspecified atom stereocenters. The Balaban J connectivity index is 1.96. The second-order valence-corrected chi connectivity index (χ2v) is 6.68. The Bertz CT molecular complexity index is 928. The molecule has 0 amide bonds. The van der Waals surface area contributed by atoms with Crippen LogP contribution in [0.1, 0.15) is 22.2 Å². The fraction of sp³-hybridized carbons (Fsp3) is 0.105. The minimum absolute atomic E-state index is 0.215. The minimum atomic E-state index is -0.765. The molecule has 0 radical (unpaired) electrons. The fourth-order valence-electron chi connectivity index (χ4n) is 2.41. The van der Waals surface area contributed by atoms with E-state index in [0.29, 0.717) is 21.4 Å². The van der Waals surface area contributed by atoms with Gasteiger partial charge in [-0.25, -0.2) is 0 Å². The van der Waals surface area contributed by atoms with Gasteiger partial charge in [0.25, 0.3) is 0 Å². The third-order valence-electron chi connectivity index (χ3n) is 3.69. The highest BCUT2D eigenvalue weighted by atomic mass is 35.5. The number of benzene rings is 1. The molecule has 0 aliphatic rings. The van der Waals surface area contributed by atoms with Crippen molar-refractivity contribution in [1.82, 2.24) is 0 Å². The number of furan rings is 1. The normalized spacial score (nSPS) is 12.8. The summed E-state index contributed by atoms with van der Waals surface area (Å²) < 4.78 is 6.99. The van der Waals surface area contributed by atoms with Crippen LogP contribution in [0.3, 0.4) is 0 Å². The van der Waals surface area contributed by atoms with E-state index in [-0.39, 0.29) is 17.4 Å². The summed E-state index contributed by atoms with van der Waals surface area (Å²) in [6, 6.07) is 13.1. The number of rotatable bonds is 6. The Morgan fingerprint density at radius 1 is 1.12 bits per heavy atom. The van der Waals surface area contributed by atoms with Gasteiger partial charge in [-0.2, -0.15) is 4.57 Å². The zero-order valence-corrected chi connectivity index (χ0v) is 15.8. The summed E-state index contributed by atoms with van der Waals surface area (Å²) >= 11 is 17.5. The zero-order valence-electron chi connectivity index (χ0n) is 13.5. The van der Waals surface area contributed by atoms with Gasteiger partial charge in [-0.1, -0.05) is 29.3 Å². The highest BCUT2D eigenvalue weighted by Crippen LogP contribution is 2.24. The van der Waals surface area contributed by atoms with Crippen LogP contribution in [0.5, 0.6) is 0 Å².